The Morgan fingerprint density at radius 2 is 1.97 bits per heavy atom. The Hall–Kier alpha value is -3.20. The van der Waals surface area contributed by atoms with Crippen molar-refractivity contribution in [1.29, 1.82) is 0 Å². The molecule has 3 rings (SSSR count). The van der Waals surface area contributed by atoms with Crippen molar-refractivity contribution in [3.8, 4) is 0 Å². The second-order valence-electron chi connectivity index (χ2n) is 6.43. The highest BCUT2D eigenvalue weighted by atomic mass is 19.4. The van der Waals surface area contributed by atoms with E-state index < -0.39 is 35.6 Å². The van der Waals surface area contributed by atoms with Crippen molar-refractivity contribution < 1.29 is 27.5 Å². The summed E-state index contributed by atoms with van der Waals surface area (Å²) in [7, 11) is 1.52. The summed E-state index contributed by atoms with van der Waals surface area (Å²) >= 11 is 0. The highest BCUT2D eigenvalue weighted by molar-refractivity contribution is 6.09. The van der Waals surface area contributed by atoms with Crippen LogP contribution in [-0.4, -0.2) is 30.5 Å². The SMILES string of the molecule is CN=C/C(=C\N)c1ccc(CN2C(=O)C(O)(C(F)(F)F)c3ccccc32)c(F)c1. The lowest BCUT2D eigenvalue weighted by atomic mass is 9.95. The van der Waals surface area contributed by atoms with E-state index >= 15 is 0 Å². The van der Waals surface area contributed by atoms with Gasteiger partial charge in [-0.05, 0) is 17.7 Å². The second-order valence-corrected chi connectivity index (χ2v) is 6.43. The van der Waals surface area contributed by atoms with E-state index in [9.17, 15) is 27.5 Å². The number of carbonyl (C=O) groups is 1. The molecule has 29 heavy (non-hydrogen) atoms. The summed E-state index contributed by atoms with van der Waals surface area (Å²) in [6, 6.07) is 9.04. The molecule has 1 heterocycles. The number of aliphatic imine (C=N–C) groups is 1. The monoisotopic (exact) mass is 407 g/mol. The predicted octanol–water partition coefficient (Wildman–Crippen LogP) is 3.12. The van der Waals surface area contributed by atoms with E-state index in [4.69, 9.17) is 5.73 Å². The van der Waals surface area contributed by atoms with Crippen molar-refractivity contribution >= 4 is 23.4 Å². The highest BCUT2D eigenvalue weighted by Gasteiger charge is 2.66. The van der Waals surface area contributed by atoms with Crippen LogP contribution in [0.1, 0.15) is 16.7 Å². The molecule has 2 aromatic carbocycles. The van der Waals surface area contributed by atoms with Gasteiger partial charge in [0.15, 0.2) is 0 Å². The van der Waals surface area contributed by atoms with Crippen LogP contribution in [0.15, 0.2) is 53.7 Å². The van der Waals surface area contributed by atoms with E-state index in [-0.39, 0.29) is 11.3 Å². The van der Waals surface area contributed by atoms with Gasteiger partial charge in [-0.1, -0.05) is 30.3 Å². The molecule has 0 spiro atoms. The van der Waals surface area contributed by atoms with E-state index in [0.29, 0.717) is 11.1 Å². The lowest BCUT2D eigenvalue weighted by Crippen LogP contribution is -2.50. The van der Waals surface area contributed by atoms with Crippen molar-refractivity contribution in [2.24, 2.45) is 10.7 Å². The molecule has 0 radical (unpaired) electrons. The first-order valence-corrected chi connectivity index (χ1v) is 8.48. The summed E-state index contributed by atoms with van der Waals surface area (Å²) in [5.41, 5.74) is 1.96. The number of para-hydroxylation sites is 1. The molecule has 1 aliphatic rings. The third-order valence-corrected chi connectivity index (χ3v) is 4.71. The third-order valence-electron chi connectivity index (χ3n) is 4.71. The second kappa shape index (κ2) is 7.32. The summed E-state index contributed by atoms with van der Waals surface area (Å²) in [5, 5.41) is 10.2. The van der Waals surface area contributed by atoms with Gasteiger partial charge in [-0.2, -0.15) is 13.2 Å². The fourth-order valence-electron chi connectivity index (χ4n) is 3.24. The molecule has 1 amide bonds. The van der Waals surface area contributed by atoms with Crippen LogP contribution in [0, 0.1) is 5.82 Å². The minimum atomic E-state index is -5.22. The maximum Gasteiger partial charge on any atom is 0.430 e. The topological polar surface area (TPSA) is 78.9 Å². The molecule has 0 saturated heterocycles. The van der Waals surface area contributed by atoms with Gasteiger partial charge in [0.25, 0.3) is 11.5 Å². The summed E-state index contributed by atoms with van der Waals surface area (Å²) < 4.78 is 55.2. The predicted molar refractivity (Wildman–Crippen MR) is 101 cm³/mol. The van der Waals surface area contributed by atoms with E-state index in [1.807, 2.05) is 0 Å². The van der Waals surface area contributed by atoms with Gasteiger partial charge in [0, 0.05) is 36.2 Å². The normalized spacial score (nSPS) is 19.9. The van der Waals surface area contributed by atoms with Gasteiger partial charge in [-0.15, -0.1) is 0 Å². The van der Waals surface area contributed by atoms with E-state index in [0.717, 1.165) is 17.0 Å². The first-order chi connectivity index (χ1) is 13.6. The summed E-state index contributed by atoms with van der Waals surface area (Å²) in [6.45, 7) is -0.482. The number of allylic oxidation sites excluding steroid dienone is 1. The molecule has 0 bridgehead atoms. The summed E-state index contributed by atoms with van der Waals surface area (Å²) in [4.78, 5) is 17.1. The molecule has 0 saturated carbocycles. The van der Waals surface area contributed by atoms with Gasteiger partial charge in [-0.3, -0.25) is 9.79 Å². The number of alkyl halides is 3. The molecule has 5 nitrogen and oxygen atoms in total. The standard InChI is InChI=1S/C20H17F4N3O2/c1-26-10-14(9-25)12-6-7-13(16(21)8-12)11-27-17-5-3-2-4-15(17)19(29,18(27)28)20(22,23)24/h2-10,29H,11,25H2,1H3/b14-9+,26-10?. The maximum atomic E-state index is 14.6. The number of benzene rings is 2. The zero-order valence-electron chi connectivity index (χ0n) is 15.2. The van der Waals surface area contributed by atoms with Crippen LogP contribution in [0.4, 0.5) is 23.2 Å². The zero-order valence-corrected chi connectivity index (χ0v) is 15.2. The number of fused-ring (bicyclic) bond motifs is 1. The van der Waals surface area contributed by atoms with E-state index in [1.165, 1.54) is 49.8 Å². The average molecular weight is 407 g/mol. The number of carbonyl (C=O) groups excluding carboxylic acids is 1. The first-order valence-electron chi connectivity index (χ1n) is 8.48. The molecule has 0 fully saturated rings. The minimum absolute atomic E-state index is 0.0202. The Morgan fingerprint density at radius 1 is 1.28 bits per heavy atom. The lowest BCUT2D eigenvalue weighted by Gasteiger charge is -2.25. The average Bonchev–Trinajstić information content (AvgIpc) is 2.90. The highest BCUT2D eigenvalue weighted by Crippen LogP contribution is 2.49. The quantitative estimate of drug-likeness (QED) is 0.604. The van der Waals surface area contributed by atoms with Crippen LogP contribution in [0.2, 0.25) is 0 Å². The molecule has 1 aliphatic heterocycles. The van der Waals surface area contributed by atoms with Crippen molar-refractivity contribution in [3.05, 3.63) is 71.2 Å². The number of hydrogen-bond acceptors (Lipinski definition) is 4. The minimum Gasteiger partial charge on any atom is -0.404 e. The molecule has 1 atom stereocenters. The number of halogens is 4. The third kappa shape index (κ3) is 3.27. The van der Waals surface area contributed by atoms with E-state index in [2.05, 4.69) is 4.99 Å². The number of anilines is 1. The van der Waals surface area contributed by atoms with Crippen LogP contribution in [0.3, 0.4) is 0 Å². The van der Waals surface area contributed by atoms with Gasteiger partial charge in [-0.25, -0.2) is 4.39 Å². The van der Waals surface area contributed by atoms with Gasteiger partial charge in [0.2, 0.25) is 0 Å². The largest absolute Gasteiger partial charge is 0.430 e. The van der Waals surface area contributed by atoms with Crippen LogP contribution in [0.5, 0.6) is 0 Å². The van der Waals surface area contributed by atoms with Crippen LogP contribution in [0.25, 0.3) is 5.57 Å². The smallest absolute Gasteiger partial charge is 0.404 e. The number of nitrogens with zero attached hydrogens (tertiary/aromatic N) is 2. The Bertz CT molecular complexity index is 1020. The van der Waals surface area contributed by atoms with Crippen molar-refractivity contribution in [2.45, 2.75) is 18.3 Å². The Morgan fingerprint density at radius 3 is 2.55 bits per heavy atom. The number of amides is 1. The van der Waals surface area contributed by atoms with Gasteiger partial charge < -0.3 is 15.7 Å². The van der Waals surface area contributed by atoms with Gasteiger partial charge in [0.1, 0.15) is 5.82 Å². The number of rotatable bonds is 4. The summed E-state index contributed by atoms with van der Waals surface area (Å²) in [6.07, 6.45) is -2.55. The summed E-state index contributed by atoms with van der Waals surface area (Å²) in [5.74, 6) is -2.31. The fraction of sp³-hybridized carbons (Fsp3) is 0.200. The number of nitrogens with two attached hydrogens (primary N) is 1. The Labute approximate surface area is 163 Å². The number of aliphatic hydroxyl groups is 1. The molecule has 1 unspecified atom stereocenters. The van der Waals surface area contributed by atoms with Crippen LogP contribution >= 0.6 is 0 Å². The van der Waals surface area contributed by atoms with Crippen molar-refractivity contribution in [1.82, 2.24) is 0 Å². The molecule has 2 aromatic rings. The molecule has 3 N–H and O–H groups in total. The first kappa shape index (κ1) is 20.5. The van der Waals surface area contributed by atoms with Crippen LogP contribution in [-0.2, 0) is 16.9 Å². The lowest BCUT2D eigenvalue weighted by molar-refractivity contribution is -0.253. The number of hydrogen-bond donors (Lipinski definition) is 2. The maximum absolute atomic E-state index is 14.6. The zero-order chi connectivity index (χ0) is 21.4. The van der Waals surface area contributed by atoms with Gasteiger partial charge >= 0.3 is 6.18 Å². The van der Waals surface area contributed by atoms with E-state index in [1.54, 1.807) is 0 Å². The molecule has 152 valence electrons. The fourth-order valence-corrected chi connectivity index (χ4v) is 3.24. The van der Waals surface area contributed by atoms with Crippen molar-refractivity contribution in [2.75, 3.05) is 11.9 Å². The molecule has 9 heteroatoms. The Balaban J connectivity index is 2.00. The van der Waals surface area contributed by atoms with Gasteiger partial charge in [0.05, 0.1) is 12.2 Å². The molecule has 0 aromatic heterocycles. The Kier molecular flexibility index (Phi) is 5.18. The molecular weight excluding hydrogens is 390 g/mol. The van der Waals surface area contributed by atoms with Crippen LogP contribution < -0.4 is 10.6 Å². The molecule has 0 aliphatic carbocycles. The molecular formula is C20H17F4N3O2. The van der Waals surface area contributed by atoms with Crippen molar-refractivity contribution in [3.63, 3.8) is 0 Å².